The van der Waals surface area contributed by atoms with Crippen LogP contribution in [0, 0.1) is 5.92 Å². The summed E-state index contributed by atoms with van der Waals surface area (Å²) in [6, 6.07) is 5.64. The average molecular weight is 427 g/mol. The minimum absolute atomic E-state index is 0.0989. The number of amides is 2. The SMILES string of the molecule is CC(C)(C)OC(=O)N1CCC[C@H](C(=O)N(Cc2ccc(Cl)cc2Cl)C2CC2)C1. The highest BCUT2D eigenvalue weighted by Gasteiger charge is 2.38. The number of halogens is 2. The lowest BCUT2D eigenvalue weighted by Gasteiger charge is -2.36. The summed E-state index contributed by atoms with van der Waals surface area (Å²) in [5, 5.41) is 1.16. The fourth-order valence-corrected chi connectivity index (χ4v) is 3.98. The molecule has 2 aliphatic rings. The molecule has 1 atom stereocenters. The van der Waals surface area contributed by atoms with Crippen LogP contribution in [-0.2, 0) is 16.1 Å². The molecule has 7 heteroatoms. The standard InChI is InChI=1S/C21H28Cl2N2O3/c1-21(2,3)28-20(27)24-10-4-5-15(12-24)19(26)25(17-8-9-17)13-14-6-7-16(22)11-18(14)23/h6-7,11,15,17H,4-5,8-10,12-13H2,1-3H3/t15-/m0/s1. The molecule has 1 aliphatic heterocycles. The van der Waals surface area contributed by atoms with Crippen molar-refractivity contribution in [2.75, 3.05) is 13.1 Å². The first kappa shape index (κ1) is 21.3. The number of nitrogens with zero attached hydrogens (tertiary/aromatic N) is 2. The number of carbonyl (C=O) groups excluding carboxylic acids is 2. The molecule has 1 heterocycles. The monoisotopic (exact) mass is 426 g/mol. The normalized spacial score (nSPS) is 20.0. The summed E-state index contributed by atoms with van der Waals surface area (Å²) in [6.45, 7) is 7.06. The second-order valence-electron chi connectivity index (χ2n) is 8.70. The van der Waals surface area contributed by atoms with E-state index in [0.29, 0.717) is 29.7 Å². The molecule has 0 bridgehead atoms. The maximum atomic E-state index is 13.3. The minimum Gasteiger partial charge on any atom is -0.444 e. The molecule has 28 heavy (non-hydrogen) atoms. The van der Waals surface area contributed by atoms with Crippen molar-refractivity contribution in [1.82, 2.24) is 9.80 Å². The van der Waals surface area contributed by atoms with Gasteiger partial charge in [-0.25, -0.2) is 4.79 Å². The summed E-state index contributed by atoms with van der Waals surface area (Å²) in [5.74, 6) is -0.102. The molecule has 1 aromatic rings. The Balaban J connectivity index is 1.68. The number of rotatable bonds is 4. The molecule has 2 fully saturated rings. The van der Waals surface area contributed by atoms with Crippen LogP contribution in [0.3, 0.4) is 0 Å². The molecule has 0 radical (unpaired) electrons. The van der Waals surface area contributed by atoms with Crippen LogP contribution >= 0.6 is 23.2 Å². The van der Waals surface area contributed by atoms with Gasteiger partial charge in [-0.15, -0.1) is 0 Å². The lowest BCUT2D eigenvalue weighted by atomic mass is 9.96. The second kappa shape index (κ2) is 8.50. The van der Waals surface area contributed by atoms with E-state index in [1.165, 1.54) is 0 Å². The van der Waals surface area contributed by atoms with Gasteiger partial charge in [0.05, 0.1) is 5.92 Å². The van der Waals surface area contributed by atoms with Crippen molar-refractivity contribution < 1.29 is 14.3 Å². The third-order valence-electron chi connectivity index (χ3n) is 5.05. The van der Waals surface area contributed by atoms with Gasteiger partial charge < -0.3 is 14.5 Å². The van der Waals surface area contributed by atoms with Crippen molar-refractivity contribution >= 4 is 35.2 Å². The van der Waals surface area contributed by atoms with Crippen LogP contribution in [0.1, 0.15) is 52.0 Å². The van der Waals surface area contributed by atoms with Crippen molar-refractivity contribution in [3.63, 3.8) is 0 Å². The molecule has 1 aliphatic carbocycles. The number of likely N-dealkylation sites (tertiary alicyclic amines) is 1. The lowest BCUT2D eigenvalue weighted by molar-refractivity contribution is -0.138. The number of piperidine rings is 1. The van der Waals surface area contributed by atoms with Gasteiger partial charge in [0.1, 0.15) is 5.60 Å². The molecule has 0 unspecified atom stereocenters. The van der Waals surface area contributed by atoms with Crippen molar-refractivity contribution in [1.29, 1.82) is 0 Å². The smallest absolute Gasteiger partial charge is 0.410 e. The summed E-state index contributed by atoms with van der Waals surface area (Å²) < 4.78 is 5.48. The zero-order chi connectivity index (χ0) is 20.5. The first-order valence-electron chi connectivity index (χ1n) is 9.86. The number of ether oxygens (including phenoxy) is 1. The first-order chi connectivity index (χ1) is 13.1. The molecular formula is C21H28Cl2N2O3. The van der Waals surface area contributed by atoms with Crippen LogP contribution in [0.5, 0.6) is 0 Å². The Bertz CT molecular complexity index is 744. The Hall–Kier alpha value is -1.46. The van der Waals surface area contributed by atoms with Gasteiger partial charge in [0.15, 0.2) is 0 Å². The van der Waals surface area contributed by atoms with Gasteiger partial charge >= 0.3 is 6.09 Å². The summed E-state index contributed by atoms with van der Waals surface area (Å²) in [5.41, 5.74) is 0.352. The van der Waals surface area contributed by atoms with Crippen molar-refractivity contribution in [3.05, 3.63) is 33.8 Å². The molecule has 3 rings (SSSR count). The average Bonchev–Trinajstić information content (AvgIpc) is 3.44. The van der Waals surface area contributed by atoms with Crippen LogP contribution in [0.2, 0.25) is 10.0 Å². The van der Waals surface area contributed by atoms with E-state index < -0.39 is 5.60 Å². The summed E-state index contributed by atoms with van der Waals surface area (Å²) in [6.07, 6.45) is 3.27. The molecule has 1 aromatic carbocycles. The fraction of sp³-hybridized carbons (Fsp3) is 0.619. The molecule has 0 N–H and O–H groups in total. The highest BCUT2D eigenvalue weighted by Crippen LogP contribution is 2.33. The van der Waals surface area contributed by atoms with E-state index in [-0.39, 0.29) is 24.0 Å². The highest BCUT2D eigenvalue weighted by atomic mass is 35.5. The van der Waals surface area contributed by atoms with Crippen LogP contribution in [0.25, 0.3) is 0 Å². The molecule has 0 spiro atoms. The Kier molecular flexibility index (Phi) is 6.45. The van der Waals surface area contributed by atoms with E-state index in [1.54, 1.807) is 17.0 Å². The third kappa shape index (κ3) is 5.54. The highest BCUT2D eigenvalue weighted by molar-refractivity contribution is 6.35. The van der Waals surface area contributed by atoms with E-state index in [4.69, 9.17) is 27.9 Å². The van der Waals surface area contributed by atoms with Gasteiger partial charge in [-0.3, -0.25) is 4.79 Å². The van der Waals surface area contributed by atoms with Gasteiger partial charge in [-0.2, -0.15) is 0 Å². The van der Waals surface area contributed by atoms with Crippen LogP contribution in [-0.4, -0.2) is 46.5 Å². The van der Waals surface area contributed by atoms with Gasteiger partial charge in [0, 0.05) is 35.7 Å². The fourth-order valence-electron chi connectivity index (χ4n) is 3.51. The van der Waals surface area contributed by atoms with Crippen molar-refractivity contribution in [2.45, 2.75) is 64.6 Å². The van der Waals surface area contributed by atoms with Crippen molar-refractivity contribution in [2.24, 2.45) is 5.92 Å². The molecular weight excluding hydrogens is 399 g/mol. The van der Waals surface area contributed by atoms with E-state index in [0.717, 1.165) is 31.2 Å². The third-order valence-corrected chi connectivity index (χ3v) is 5.64. The van der Waals surface area contributed by atoms with Gasteiger partial charge in [0.25, 0.3) is 0 Å². The summed E-state index contributed by atoms with van der Waals surface area (Å²) in [7, 11) is 0. The van der Waals surface area contributed by atoms with Crippen LogP contribution in [0.15, 0.2) is 18.2 Å². The topological polar surface area (TPSA) is 49.9 Å². The Morgan fingerprint density at radius 3 is 2.54 bits per heavy atom. The van der Waals surface area contributed by atoms with E-state index >= 15 is 0 Å². The van der Waals surface area contributed by atoms with Crippen LogP contribution in [0.4, 0.5) is 4.79 Å². The zero-order valence-corrected chi connectivity index (χ0v) is 18.2. The lowest BCUT2D eigenvalue weighted by Crippen LogP contribution is -2.48. The Labute approximate surface area is 176 Å². The number of hydrogen-bond acceptors (Lipinski definition) is 3. The predicted octanol–water partition coefficient (Wildman–Crippen LogP) is 5.13. The number of benzene rings is 1. The zero-order valence-electron chi connectivity index (χ0n) is 16.7. The van der Waals surface area contributed by atoms with Gasteiger partial charge in [-0.1, -0.05) is 29.3 Å². The quantitative estimate of drug-likeness (QED) is 0.669. The van der Waals surface area contributed by atoms with E-state index in [9.17, 15) is 9.59 Å². The van der Waals surface area contributed by atoms with Crippen molar-refractivity contribution in [3.8, 4) is 0 Å². The molecule has 0 aromatic heterocycles. The number of hydrogen-bond donors (Lipinski definition) is 0. The summed E-state index contributed by atoms with van der Waals surface area (Å²) in [4.78, 5) is 29.3. The minimum atomic E-state index is -0.542. The largest absolute Gasteiger partial charge is 0.444 e. The Morgan fingerprint density at radius 1 is 1.21 bits per heavy atom. The molecule has 1 saturated heterocycles. The van der Waals surface area contributed by atoms with Crippen LogP contribution < -0.4 is 0 Å². The molecule has 1 saturated carbocycles. The first-order valence-corrected chi connectivity index (χ1v) is 10.6. The second-order valence-corrected chi connectivity index (χ2v) is 9.54. The number of carbonyl (C=O) groups is 2. The van der Waals surface area contributed by atoms with E-state index in [1.807, 2.05) is 31.7 Å². The Morgan fingerprint density at radius 2 is 1.93 bits per heavy atom. The van der Waals surface area contributed by atoms with E-state index in [2.05, 4.69) is 0 Å². The molecule has 154 valence electrons. The molecule has 5 nitrogen and oxygen atoms in total. The van der Waals surface area contributed by atoms with Gasteiger partial charge in [0.2, 0.25) is 5.91 Å². The predicted molar refractivity (Wildman–Crippen MR) is 111 cm³/mol. The summed E-state index contributed by atoms with van der Waals surface area (Å²) >= 11 is 12.3. The maximum absolute atomic E-state index is 13.3. The molecule has 2 amide bonds. The maximum Gasteiger partial charge on any atom is 0.410 e. The van der Waals surface area contributed by atoms with Gasteiger partial charge in [-0.05, 0) is 64.2 Å².